The number of fused-ring (bicyclic) bond motifs is 1. The molecule has 30 heavy (non-hydrogen) atoms. The third-order valence-electron chi connectivity index (χ3n) is 10.0. The van der Waals surface area contributed by atoms with Crippen LogP contribution < -0.4 is 9.47 Å². The summed E-state index contributed by atoms with van der Waals surface area (Å²) in [6, 6.07) is 4.67. The molecule has 4 aliphatic carbocycles. The van der Waals surface area contributed by atoms with E-state index in [1.54, 1.807) is 14.2 Å². The predicted octanol–water partition coefficient (Wildman–Crippen LogP) is 3.08. The molecule has 1 aromatic carbocycles. The summed E-state index contributed by atoms with van der Waals surface area (Å²) < 4.78 is 19.1. The molecule has 0 amide bonds. The van der Waals surface area contributed by atoms with E-state index in [2.05, 4.69) is 43.2 Å². The first-order valence-electron chi connectivity index (χ1n) is 11.2. The van der Waals surface area contributed by atoms with Crippen LogP contribution >= 0.6 is 0 Å². The molecule has 6 aliphatic rings. The van der Waals surface area contributed by atoms with Crippen molar-refractivity contribution in [3.8, 4) is 11.5 Å². The summed E-state index contributed by atoms with van der Waals surface area (Å²) in [4.78, 5) is 2.54. The molecule has 1 aromatic rings. The minimum atomic E-state index is -0.933. The van der Waals surface area contributed by atoms with Crippen LogP contribution in [0.25, 0.3) is 0 Å². The van der Waals surface area contributed by atoms with Gasteiger partial charge < -0.3 is 24.2 Å². The molecule has 7 rings (SSSR count). The Bertz CT molecular complexity index is 982. The topological polar surface area (TPSA) is 51.2 Å². The standard InChI is InChI=1S/C25H33NO4/c1-21(2,27)22(3)14-23-9-10-25(22,29-6)20-24(23)11-12-26(4)17(23)13-15-7-8-16(28-5)19(30-20)18(15)24/h7-10,17,20,27H,11-14H2,1-6H3/t17-,20+,22+,23+,24+,25+/m1/s1. The van der Waals surface area contributed by atoms with Gasteiger partial charge in [0, 0.05) is 29.5 Å². The Morgan fingerprint density at radius 3 is 2.67 bits per heavy atom. The van der Waals surface area contributed by atoms with Crippen molar-refractivity contribution in [2.24, 2.45) is 10.8 Å². The number of hydrogen-bond acceptors (Lipinski definition) is 5. The zero-order chi connectivity index (χ0) is 21.3. The SMILES string of the molecule is COc1ccc2c3c1O[C@@H]1[C@@]4(OC)C=C[C@]5(C[C@@]4(C)C(C)(C)O)[C@@H](C2)N(C)CC[C@]315. The highest BCUT2D eigenvalue weighted by molar-refractivity contribution is 5.66. The van der Waals surface area contributed by atoms with E-state index >= 15 is 0 Å². The Kier molecular flexibility index (Phi) is 3.35. The number of hydrogen-bond donors (Lipinski definition) is 1. The Labute approximate surface area is 179 Å². The van der Waals surface area contributed by atoms with Crippen molar-refractivity contribution in [2.75, 3.05) is 27.8 Å². The largest absolute Gasteiger partial charge is 0.493 e. The molecule has 2 aliphatic heterocycles. The fourth-order valence-electron chi connectivity index (χ4n) is 8.30. The summed E-state index contributed by atoms with van der Waals surface area (Å²) in [5.41, 5.74) is 0.319. The van der Waals surface area contributed by atoms with E-state index in [-0.39, 0.29) is 16.9 Å². The second kappa shape index (κ2) is 5.25. The maximum absolute atomic E-state index is 11.5. The lowest BCUT2D eigenvalue weighted by molar-refractivity contribution is -0.284. The predicted molar refractivity (Wildman–Crippen MR) is 114 cm³/mol. The molecule has 2 fully saturated rings. The van der Waals surface area contributed by atoms with Crippen LogP contribution in [-0.2, 0) is 16.6 Å². The molecule has 162 valence electrons. The van der Waals surface area contributed by atoms with Gasteiger partial charge in [-0.1, -0.05) is 25.1 Å². The van der Waals surface area contributed by atoms with Crippen LogP contribution in [-0.4, -0.2) is 61.2 Å². The van der Waals surface area contributed by atoms with E-state index in [0.29, 0.717) is 6.04 Å². The monoisotopic (exact) mass is 411 g/mol. The van der Waals surface area contributed by atoms with Crippen molar-refractivity contribution >= 4 is 0 Å². The summed E-state index contributed by atoms with van der Waals surface area (Å²) >= 11 is 0. The summed E-state index contributed by atoms with van der Waals surface area (Å²) in [5, 5.41) is 11.5. The minimum absolute atomic E-state index is 0.107. The van der Waals surface area contributed by atoms with Crippen LogP contribution in [0.1, 0.15) is 44.7 Å². The minimum Gasteiger partial charge on any atom is -0.493 e. The summed E-state index contributed by atoms with van der Waals surface area (Å²) in [7, 11) is 5.76. The van der Waals surface area contributed by atoms with Crippen LogP contribution in [0, 0.1) is 10.8 Å². The highest BCUT2D eigenvalue weighted by Gasteiger charge is 2.83. The Morgan fingerprint density at radius 1 is 1.23 bits per heavy atom. The van der Waals surface area contributed by atoms with Gasteiger partial charge in [-0.25, -0.2) is 0 Å². The van der Waals surface area contributed by atoms with Crippen LogP contribution in [0.2, 0.25) is 0 Å². The van der Waals surface area contributed by atoms with Gasteiger partial charge in [0.25, 0.3) is 0 Å². The number of likely N-dealkylation sites (tertiary alicyclic amines) is 1. The van der Waals surface area contributed by atoms with Gasteiger partial charge in [-0.2, -0.15) is 0 Å². The lowest BCUT2D eigenvalue weighted by Gasteiger charge is -2.75. The van der Waals surface area contributed by atoms with E-state index in [9.17, 15) is 5.11 Å². The van der Waals surface area contributed by atoms with Gasteiger partial charge in [0.1, 0.15) is 11.7 Å². The molecule has 4 bridgehead atoms. The molecule has 0 aromatic heterocycles. The molecule has 0 radical (unpaired) electrons. The molecule has 2 heterocycles. The fourth-order valence-corrected chi connectivity index (χ4v) is 8.30. The molecule has 2 spiro atoms. The maximum Gasteiger partial charge on any atom is 0.166 e. The van der Waals surface area contributed by atoms with E-state index in [1.165, 1.54) is 11.1 Å². The summed E-state index contributed by atoms with van der Waals surface area (Å²) in [6.45, 7) is 7.10. The quantitative estimate of drug-likeness (QED) is 0.775. The van der Waals surface area contributed by atoms with Crippen molar-refractivity contribution in [1.29, 1.82) is 0 Å². The third-order valence-corrected chi connectivity index (χ3v) is 10.0. The number of benzene rings is 1. The number of ether oxygens (including phenoxy) is 3. The number of nitrogens with zero attached hydrogens (tertiary/aromatic N) is 1. The van der Waals surface area contributed by atoms with Gasteiger partial charge >= 0.3 is 0 Å². The molecule has 0 unspecified atom stereocenters. The number of likely N-dealkylation sites (N-methyl/N-ethyl adjacent to an activating group) is 1. The lowest BCUT2D eigenvalue weighted by Crippen LogP contribution is -2.83. The van der Waals surface area contributed by atoms with Gasteiger partial charge in [-0.05, 0) is 58.3 Å². The smallest absolute Gasteiger partial charge is 0.166 e. The van der Waals surface area contributed by atoms with Crippen molar-refractivity contribution in [1.82, 2.24) is 4.90 Å². The molecular weight excluding hydrogens is 378 g/mol. The number of piperidine rings is 1. The van der Waals surface area contributed by atoms with Crippen LogP contribution in [0.3, 0.4) is 0 Å². The van der Waals surface area contributed by atoms with Crippen molar-refractivity contribution in [2.45, 2.75) is 68.8 Å². The van der Waals surface area contributed by atoms with Crippen LogP contribution in [0.15, 0.2) is 24.3 Å². The van der Waals surface area contributed by atoms with Gasteiger partial charge in [-0.3, -0.25) is 0 Å². The van der Waals surface area contributed by atoms with Gasteiger partial charge in [-0.15, -0.1) is 0 Å². The van der Waals surface area contributed by atoms with E-state index in [4.69, 9.17) is 14.2 Å². The van der Waals surface area contributed by atoms with E-state index < -0.39 is 16.6 Å². The molecule has 6 atom stereocenters. The molecule has 5 nitrogen and oxygen atoms in total. The average Bonchev–Trinajstić information content (AvgIpc) is 3.06. The number of methoxy groups -OCH3 is 2. The van der Waals surface area contributed by atoms with Crippen molar-refractivity contribution in [3.05, 3.63) is 35.4 Å². The number of aliphatic hydroxyl groups is 1. The summed E-state index contributed by atoms with van der Waals surface area (Å²) in [6.07, 6.45) is 7.39. The fraction of sp³-hybridized carbons (Fsp3) is 0.680. The van der Waals surface area contributed by atoms with E-state index in [1.807, 2.05) is 13.8 Å². The second-order valence-corrected chi connectivity index (χ2v) is 11.0. The normalized spacial score (nSPS) is 45.3. The van der Waals surface area contributed by atoms with Gasteiger partial charge in [0.15, 0.2) is 11.5 Å². The van der Waals surface area contributed by atoms with Gasteiger partial charge in [0.05, 0.1) is 18.1 Å². The first-order chi connectivity index (χ1) is 14.1. The number of rotatable bonds is 3. The zero-order valence-electron chi connectivity index (χ0n) is 18.9. The summed E-state index contributed by atoms with van der Waals surface area (Å²) in [5.74, 6) is 1.71. The van der Waals surface area contributed by atoms with E-state index in [0.717, 1.165) is 37.3 Å². The Hall–Kier alpha value is -1.56. The Balaban J connectivity index is 1.73. The molecule has 1 saturated carbocycles. The highest BCUT2D eigenvalue weighted by atomic mass is 16.6. The van der Waals surface area contributed by atoms with Crippen molar-refractivity contribution in [3.63, 3.8) is 0 Å². The van der Waals surface area contributed by atoms with Crippen LogP contribution in [0.5, 0.6) is 11.5 Å². The third kappa shape index (κ3) is 1.63. The molecule has 1 N–H and O–H groups in total. The zero-order valence-corrected chi connectivity index (χ0v) is 18.9. The highest BCUT2D eigenvalue weighted by Crippen LogP contribution is 2.78. The first kappa shape index (κ1) is 19.1. The molecule has 1 saturated heterocycles. The van der Waals surface area contributed by atoms with Crippen molar-refractivity contribution < 1.29 is 19.3 Å². The average molecular weight is 412 g/mol. The molecule has 5 heteroatoms. The maximum atomic E-state index is 11.5. The Morgan fingerprint density at radius 2 is 2.00 bits per heavy atom. The first-order valence-corrected chi connectivity index (χ1v) is 11.2. The lowest BCUT2D eigenvalue weighted by atomic mass is 9.33. The second-order valence-electron chi connectivity index (χ2n) is 11.0. The van der Waals surface area contributed by atoms with Crippen LogP contribution in [0.4, 0.5) is 0 Å². The molecular formula is C25H33NO4. The van der Waals surface area contributed by atoms with Gasteiger partial charge in [0.2, 0.25) is 0 Å².